The van der Waals surface area contributed by atoms with Crippen molar-refractivity contribution in [3.8, 4) is 0 Å². The molecule has 106 valence electrons. The fourth-order valence-electron chi connectivity index (χ4n) is 2.35. The van der Waals surface area contributed by atoms with E-state index >= 15 is 0 Å². The number of carbonyl (C=O) groups excluding carboxylic acids is 1. The molecule has 1 amide bonds. The molecule has 1 fully saturated rings. The molecule has 0 aromatic heterocycles. The largest absolute Gasteiger partial charge is 0.351 e. The van der Waals surface area contributed by atoms with E-state index in [1.165, 1.54) is 12.8 Å². The normalized spacial score (nSPS) is 17.9. The van der Waals surface area contributed by atoms with Gasteiger partial charge in [-0.2, -0.15) is 0 Å². The van der Waals surface area contributed by atoms with Gasteiger partial charge in [0.2, 0.25) is 5.91 Å². The van der Waals surface area contributed by atoms with Crippen LogP contribution in [0.3, 0.4) is 0 Å². The lowest BCUT2D eigenvalue weighted by Crippen LogP contribution is -2.48. The molecule has 0 radical (unpaired) electrons. The third kappa shape index (κ3) is 5.36. The lowest BCUT2D eigenvalue weighted by atomic mass is 10.1. The Kier molecular flexibility index (Phi) is 5.60. The van der Waals surface area contributed by atoms with Crippen LogP contribution in [0.4, 0.5) is 0 Å². The summed E-state index contributed by atoms with van der Waals surface area (Å²) in [6, 6.07) is 0.862. The zero-order valence-electron chi connectivity index (χ0n) is 12.3. The summed E-state index contributed by atoms with van der Waals surface area (Å²) in [5, 5.41) is 3.02. The minimum atomic E-state index is -0.161. The molecule has 0 spiro atoms. The summed E-state index contributed by atoms with van der Waals surface area (Å²) in [6.45, 7) is 9.81. The van der Waals surface area contributed by atoms with Gasteiger partial charge in [-0.1, -0.05) is 6.92 Å². The van der Waals surface area contributed by atoms with Crippen LogP contribution in [-0.2, 0) is 4.79 Å². The zero-order chi connectivity index (χ0) is 13.8. The molecule has 1 rings (SSSR count). The van der Waals surface area contributed by atoms with E-state index in [0.717, 1.165) is 13.0 Å². The fraction of sp³-hybridized carbons (Fsp3) is 0.929. The van der Waals surface area contributed by atoms with Gasteiger partial charge in [0.25, 0.3) is 0 Å². The Balaban J connectivity index is 2.51. The van der Waals surface area contributed by atoms with Crippen molar-refractivity contribution in [2.24, 2.45) is 5.73 Å². The van der Waals surface area contributed by atoms with Crippen LogP contribution in [0, 0.1) is 0 Å². The second-order valence-corrected chi connectivity index (χ2v) is 6.36. The highest BCUT2D eigenvalue weighted by Gasteiger charge is 2.33. The summed E-state index contributed by atoms with van der Waals surface area (Å²) < 4.78 is 0. The molecule has 0 aromatic carbocycles. The summed E-state index contributed by atoms with van der Waals surface area (Å²) in [7, 11) is 0. The zero-order valence-corrected chi connectivity index (χ0v) is 12.3. The van der Waals surface area contributed by atoms with Crippen molar-refractivity contribution in [3.05, 3.63) is 0 Å². The second-order valence-electron chi connectivity index (χ2n) is 6.36. The van der Waals surface area contributed by atoms with E-state index < -0.39 is 0 Å². The maximum Gasteiger partial charge on any atom is 0.222 e. The molecule has 0 bridgehead atoms. The van der Waals surface area contributed by atoms with Crippen LogP contribution in [-0.4, -0.2) is 41.5 Å². The van der Waals surface area contributed by atoms with Crippen LogP contribution in [0.15, 0.2) is 0 Å². The Bertz CT molecular complexity index is 269. The summed E-state index contributed by atoms with van der Waals surface area (Å²) in [4.78, 5) is 14.4. The van der Waals surface area contributed by atoms with Crippen molar-refractivity contribution >= 4 is 5.91 Å². The molecule has 18 heavy (non-hydrogen) atoms. The standard InChI is InChI=1S/C14H29N3O/c1-5-8-17(11-6-7-11)12(10-15)9-13(18)16-14(2,3)4/h11-12H,5-10,15H2,1-4H3,(H,16,18). The van der Waals surface area contributed by atoms with Gasteiger partial charge in [-0.3, -0.25) is 9.69 Å². The van der Waals surface area contributed by atoms with E-state index in [4.69, 9.17) is 5.73 Å². The van der Waals surface area contributed by atoms with Gasteiger partial charge in [0.1, 0.15) is 0 Å². The van der Waals surface area contributed by atoms with Crippen LogP contribution >= 0.6 is 0 Å². The number of nitrogens with two attached hydrogens (primary N) is 1. The highest BCUT2D eigenvalue weighted by molar-refractivity contribution is 5.77. The first-order valence-corrected chi connectivity index (χ1v) is 7.14. The van der Waals surface area contributed by atoms with Gasteiger partial charge in [-0.05, 0) is 46.6 Å². The topological polar surface area (TPSA) is 58.4 Å². The van der Waals surface area contributed by atoms with Gasteiger partial charge in [0, 0.05) is 30.6 Å². The molecule has 1 aliphatic rings. The molecule has 4 nitrogen and oxygen atoms in total. The third-order valence-corrected chi connectivity index (χ3v) is 3.17. The van der Waals surface area contributed by atoms with Crippen LogP contribution in [0.5, 0.6) is 0 Å². The van der Waals surface area contributed by atoms with Gasteiger partial charge in [0.15, 0.2) is 0 Å². The molecule has 1 aliphatic carbocycles. The summed E-state index contributed by atoms with van der Waals surface area (Å²) in [5.74, 6) is 0.111. The van der Waals surface area contributed by atoms with E-state index in [-0.39, 0.29) is 17.5 Å². The van der Waals surface area contributed by atoms with E-state index in [9.17, 15) is 4.79 Å². The van der Waals surface area contributed by atoms with Crippen molar-refractivity contribution in [1.29, 1.82) is 0 Å². The number of amides is 1. The minimum Gasteiger partial charge on any atom is -0.351 e. The van der Waals surface area contributed by atoms with Crippen LogP contribution in [0.2, 0.25) is 0 Å². The molecule has 1 atom stereocenters. The summed E-state index contributed by atoms with van der Waals surface area (Å²) in [5.41, 5.74) is 5.70. The number of rotatable bonds is 7. The molecule has 0 saturated heterocycles. The Hall–Kier alpha value is -0.610. The van der Waals surface area contributed by atoms with Crippen molar-refractivity contribution in [2.75, 3.05) is 13.1 Å². The molecule has 0 heterocycles. The van der Waals surface area contributed by atoms with E-state index in [1.54, 1.807) is 0 Å². The summed E-state index contributed by atoms with van der Waals surface area (Å²) in [6.07, 6.45) is 4.16. The van der Waals surface area contributed by atoms with E-state index in [0.29, 0.717) is 19.0 Å². The predicted molar refractivity (Wildman–Crippen MR) is 75.4 cm³/mol. The quantitative estimate of drug-likeness (QED) is 0.724. The molecule has 1 unspecified atom stereocenters. The molecule has 0 aromatic rings. The maximum atomic E-state index is 12.0. The SMILES string of the molecule is CCCN(C1CC1)C(CN)CC(=O)NC(C)(C)C. The maximum absolute atomic E-state index is 12.0. The highest BCUT2D eigenvalue weighted by Crippen LogP contribution is 2.29. The van der Waals surface area contributed by atoms with Gasteiger partial charge >= 0.3 is 0 Å². The van der Waals surface area contributed by atoms with Crippen molar-refractivity contribution in [1.82, 2.24) is 10.2 Å². The lowest BCUT2D eigenvalue weighted by molar-refractivity contribution is -0.123. The van der Waals surface area contributed by atoms with Crippen LogP contribution in [0.1, 0.15) is 53.4 Å². The van der Waals surface area contributed by atoms with Crippen LogP contribution < -0.4 is 11.1 Å². The smallest absolute Gasteiger partial charge is 0.222 e. The summed E-state index contributed by atoms with van der Waals surface area (Å²) >= 11 is 0. The van der Waals surface area contributed by atoms with Crippen molar-refractivity contribution in [2.45, 2.75) is 71.0 Å². The average molecular weight is 255 g/mol. The van der Waals surface area contributed by atoms with Gasteiger partial charge in [0.05, 0.1) is 0 Å². The lowest BCUT2D eigenvalue weighted by Gasteiger charge is -2.31. The van der Waals surface area contributed by atoms with Gasteiger partial charge < -0.3 is 11.1 Å². The molecule has 3 N–H and O–H groups in total. The van der Waals surface area contributed by atoms with Crippen LogP contribution in [0.25, 0.3) is 0 Å². The fourth-order valence-corrected chi connectivity index (χ4v) is 2.35. The Labute approximate surface area is 111 Å². The number of hydrogen-bond donors (Lipinski definition) is 2. The van der Waals surface area contributed by atoms with Gasteiger partial charge in [-0.15, -0.1) is 0 Å². The average Bonchev–Trinajstić information content (AvgIpc) is 3.04. The Morgan fingerprint density at radius 3 is 2.44 bits per heavy atom. The number of hydrogen-bond acceptors (Lipinski definition) is 3. The monoisotopic (exact) mass is 255 g/mol. The van der Waals surface area contributed by atoms with E-state index in [2.05, 4.69) is 17.1 Å². The van der Waals surface area contributed by atoms with Crippen molar-refractivity contribution < 1.29 is 4.79 Å². The van der Waals surface area contributed by atoms with Gasteiger partial charge in [-0.25, -0.2) is 0 Å². The second kappa shape index (κ2) is 6.53. The first kappa shape index (κ1) is 15.4. The number of carbonyl (C=O) groups is 1. The molecule has 0 aliphatic heterocycles. The molecular formula is C14H29N3O. The van der Waals surface area contributed by atoms with Crippen molar-refractivity contribution in [3.63, 3.8) is 0 Å². The first-order valence-electron chi connectivity index (χ1n) is 7.14. The molecule has 4 heteroatoms. The minimum absolute atomic E-state index is 0.111. The Morgan fingerprint density at radius 1 is 1.44 bits per heavy atom. The molecular weight excluding hydrogens is 226 g/mol. The third-order valence-electron chi connectivity index (χ3n) is 3.17. The number of nitrogens with zero attached hydrogens (tertiary/aromatic N) is 1. The number of nitrogens with one attached hydrogen (secondary N) is 1. The first-order chi connectivity index (χ1) is 8.37. The molecule has 1 saturated carbocycles. The van der Waals surface area contributed by atoms with E-state index in [1.807, 2.05) is 20.8 Å². The predicted octanol–water partition coefficient (Wildman–Crippen LogP) is 1.49. The highest BCUT2D eigenvalue weighted by atomic mass is 16.1. The Morgan fingerprint density at radius 2 is 2.06 bits per heavy atom.